The molecule has 288 valence electrons. The number of ketones is 2. The van der Waals surface area contributed by atoms with Crippen LogP contribution in [0.4, 0.5) is 31.4 Å². The molecule has 0 aliphatic heterocycles. The third-order valence-electron chi connectivity index (χ3n) is 8.84. The largest absolute Gasteiger partial charge is 0.339 e. The third-order valence-corrected chi connectivity index (χ3v) is 12.7. The van der Waals surface area contributed by atoms with Gasteiger partial charge in [0.1, 0.15) is 5.82 Å². The number of nitrogens with one attached hydrogen (secondary N) is 6. The zero-order chi connectivity index (χ0) is 38.7. The van der Waals surface area contributed by atoms with Crippen molar-refractivity contribution in [2.75, 3.05) is 21.3 Å². The fraction of sp³-hybridized carbons (Fsp3) is 0.278. The van der Waals surface area contributed by atoms with Gasteiger partial charge in [0.05, 0.1) is 38.3 Å². The molecular formula is C36H36N12O4S4. The Morgan fingerprint density at radius 2 is 1.16 bits per heavy atom. The molecule has 0 radical (unpaired) electrons. The van der Waals surface area contributed by atoms with Crippen molar-refractivity contribution in [3.63, 3.8) is 0 Å². The zero-order valence-corrected chi connectivity index (χ0v) is 33.0. The maximum atomic E-state index is 12.7. The summed E-state index contributed by atoms with van der Waals surface area (Å²) >= 11 is 5.53. The minimum atomic E-state index is -0.483. The third kappa shape index (κ3) is 10.4. The number of hydrogen-bond donors (Lipinski definition) is 6. The van der Waals surface area contributed by atoms with Crippen molar-refractivity contribution in [1.29, 1.82) is 0 Å². The number of urea groups is 2. The molecule has 2 aliphatic rings. The monoisotopic (exact) mass is 828 g/mol. The Hall–Kier alpha value is -5.44. The molecule has 16 nitrogen and oxygen atoms in total. The van der Waals surface area contributed by atoms with Crippen LogP contribution in [0.2, 0.25) is 0 Å². The second-order valence-electron chi connectivity index (χ2n) is 12.6. The van der Waals surface area contributed by atoms with E-state index < -0.39 is 12.1 Å². The van der Waals surface area contributed by atoms with Crippen LogP contribution in [0.15, 0.2) is 92.7 Å². The summed E-state index contributed by atoms with van der Waals surface area (Å²) in [6.45, 7) is 0. The highest BCUT2D eigenvalue weighted by Gasteiger charge is 2.27. The van der Waals surface area contributed by atoms with Gasteiger partial charge < -0.3 is 15.3 Å². The number of thiazole rings is 2. The maximum absolute atomic E-state index is 12.7. The number of imidazole rings is 2. The number of hydrogen-bond acceptors (Lipinski definition) is 14. The standard InChI is InChI=1S/2C18H18N6O2S2/c25-14(11-4-1-2-5-11)12-6-3-7-19-15(12)23-16(26)24-18-22-10-13(28-18)27-17-20-8-9-21-17;25-15(11-3-1-2-4-11)12-5-6-19-9-13(12)23-16(26)24-18-22-10-14(28-18)27-17-20-7-8-21-17/h3,6-11H,1-2,4-5H2,(H,20,21)(H2,19,22,23,24,26);5-11H,1-4H2,(H,20,21)(H2,22,23,24,26). The van der Waals surface area contributed by atoms with Crippen molar-refractivity contribution in [2.24, 2.45) is 11.8 Å². The van der Waals surface area contributed by atoms with Gasteiger partial charge in [0.15, 0.2) is 32.1 Å². The highest BCUT2D eigenvalue weighted by atomic mass is 32.2. The van der Waals surface area contributed by atoms with Crippen LogP contribution in [-0.4, -0.2) is 63.5 Å². The normalized spacial score (nSPS) is 14.1. The Morgan fingerprint density at radius 3 is 1.71 bits per heavy atom. The topological polar surface area (TPSA) is 225 Å². The molecule has 8 rings (SSSR count). The van der Waals surface area contributed by atoms with Crippen LogP contribution in [0.1, 0.15) is 72.1 Å². The van der Waals surface area contributed by atoms with Crippen LogP contribution in [0.5, 0.6) is 0 Å². The number of pyridine rings is 2. The molecule has 56 heavy (non-hydrogen) atoms. The number of Topliss-reactive ketones (excluding diaryl/α,β-unsaturated/α-hetero) is 2. The van der Waals surface area contributed by atoms with Gasteiger partial charge in [-0.05, 0) is 67.4 Å². The Labute approximate surface area is 337 Å². The average molecular weight is 829 g/mol. The lowest BCUT2D eigenvalue weighted by molar-refractivity contribution is 0.0916. The van der Waals surface area contributed by atoms with Gasteiger partial charge in [-0.3, -0.25) is 30.5 Å². The first kappa shape index (κ1) is 38.8. The molecule has 0 bridgehead atoms. The number of H-pyrrole nitrogens is 2. The Bertz CT molecular complexity index is 2090. The summed E-state index contributed by atoms with van der Waals surface area (Å²) in [7, 11) is 0. The summed E-state index contributed by atoms with van der Waals surface area (Å²) in [6, 6.07) is 4.15. The maximum Gasteiger partial charge on any atom is 0.326 e. The number of amides is 4. The Balaban J connectivity index is 0.000000172. The second kappa shape index (κ2) is 18.9. The molecule has 2 fully saturated rings. The number of anilines is 4. The lowest BCUT2D eigenvalue weighted by Crippen LogP contribution is -2.23. The van der Waals surface area contributed by atoms with Gasteiger partial charge >= 0.3 is 12.1 Å². The SMILES string of the molecule is O=C(Nc1ncc(Sc2ncc[nH]2)s1)Nc1cnccc1C(=O)C1CCCC1.O=C(Nc1ncc(Sc2ncc[nH]2)s1)Nc1ncccc1C(=O)C1CCCC1. The molecule has 0 spiro atoms. The number of carbonyl (C=O) groups is 4. The number of aromatic nitrogens is 8. The van der Waals surface area contributed by atoms with E-state index in [0.717, 1.165) is 70.1 Å². The van der Waals surface area contributed by atoms with Crippen molar-refractivity contribution in [1.82, 2.24) is 39.9 Å². The number of rotatable bonds is 12. The van der Waals surface area contributed by atoms with Gasteiger partial charge in [0.25, 0.3) is 0 Å². The van der Waals surface area contributed by atoms with Crippen LogP contribution < -0.4 is 21.3 Å². The molecule has 2 aliphatic carbocycles. The molecule has 6 aromatic heterocycles. The molecular weight excluding hydrogens is 793 g/mol. The predicted octanol–water partition coefficient (Wildman–Crippen LogP) is 8.86. The van der Waals surface area contributed by atoms with E-state index in [0.29, 0.717) is 27.1 Å². The van der Waals surface area contributed by atoms with Gasteiger partial charge in [-0.2, -0.15) is 0 Å². The van der Waals surface area contributed by atoms with Crippen LogP contribution >= 0.6 is 46.2 Å². The molecule has 2 saturated carbocycles. The molecule has 20 heteroatoms. The van der Waals surface area contributed by atoms with Gasteiger partial charge in [-0.1, -0.05) is 48.4 Å². The van der Waals surface area contributed by atoms with Gasteiger partial charge in [0, 0.05) is 54.6 Å². The van der Waals surface area contributed by atoms with Crippen molar-refractivity contribution in [3.8, 4) is 0 Å². The van der Waals surface area contributed by atoms with Crippen LogP contribution in [-0.2, 0) is 0 Å². The van der Waals surface area contributed by atoms with Crippen LogP contribution in [0.3, 0.4) is 0 Å². The van der Waals surface area contributed by atoms with E-state index >= 15 is 0 Å². The minimum Gasteiger partial charge on any atom is -0.339 e. The Morgan fingerprint density at radius 1 is 0.607 bits per heavy atom. The van der Waals surface area contributed by atoms with Crippen LogP contribution in [0, 0.1) is 11.8 Å². The average Bonchev–Trinajstić information content (AvgIpc) is 4.06. The predicted molar refractivity (Wildman–Crippen MR) is 216 cm³/mol. The van der Waals surface area contributed by atoms with Crippen molar-refractivity contribution >= 4 is 91.6 Å². The molecule has 6 N–H and O–H groups in total. The van der Waals surface area contributed by atoms with E-state index in [4.69, 9.17) is 0 Å². The smallest absolute Gasteiger partial charge is 0.326 e. The van der Waals surface area contributed by atoms with Crippen molar-refractivity contribution in [2.45, 2.75) is 70.1 Å². The van der Waals surface area contributed by atoms with Crippen molar-refractivity contribution < 1.29 is 19.2 Å². The van der Waals surface area contributed by atoms with Crippen LogP contribution in [0.25, 0.3) is 0 Å². The van der Waals surface area contributed by atoms with E-state index in [1.54, 1.807) is 67.8 Å². The quantitative estimate of drug-likeness (QED) is 0.0636. The minimum absolute atomic E-state index is 0.0213. The van der Waals surface area contributed by atoms with E-state index in [2.05, 4.69) is 61.1 Å². The first-order valence-corrected chi connectivity index (χ1v) is 21.0. The van der Waals surface area contributed by atoms with E-state index in [9.17, 15) is 19.2 Å². The summed E-state index contributed by atoms with van der Waals surface area (Å²) in [5.74, 6) is 0.451. The number of nitrogens with zero attached hydrogens (tertiary/aromatic N) is 6. The fourth-order valence-electron chi connectivity index (χ4n) is 6.25. The molecule has 0 saturated heterocycles. The van der Waals surface area contributed by atoms with Crippen molar-refractivity contribution in [3.05, 3.63) is 85.1 Å². The number of carbonyl (C=O) groups excluding carboxylic acids is 4. The summed E-state index contributed by atoms with van der Waals surface area (Å²) in [6.07, 6.45) is 22.7. The second-order valence-corrected chi connectivity index (χ2v) is 17.3. The summed E-state index contributed by atoms with van der Waals surface area (Å²) in [5, 5.41) is 13.2. The summed E-state index contributed by atoms with van der Waals surface area (Å²) in [5.41, 5.74) is 1.38. The molecule has 6 aromatic rings. The van der Waals surface area contributed by atoms with E-state index in [1.165, 1.54) is 52.4 Å². The lowest BCUT2D eigenvalue weighted by atomic mass is 9.96. The molecule has 4 amide bonds. The zero-order valence-electron chi connectivity index (χ0n) is 29.7. The molecule has 0 unspecified atom stereocenters. The highest BCUT2D eigenvalue weighted by Crippen LogP contribution is 2.34. The lowest BCUT2D eigenvalue weighted by Gasteiger charge is -2.13. The Kier molecular flexibility index (Phi) is 13.1. The fourth-order valence-corrected chi connectivity index (χ4v) is 9.69. The van der Waals surface area contributed by atoms with E-state index in [1.807, 2.05) is 0 Å². The van der Waals surface area contributed by atoms with E-state index in [-0.39, 0.29) is 29.2 Å². The molecule has 0 atom stereocenters. The van der Waals surface area contributed by atoms with Gasteiger partial charge in [0.2, 0.25) is 0 Å². The van der Waals surface area contributed by atoms with Gasteiger partial charge in [-0.25, -0.2) is 34.5 Å². The van der Waals surface area contributed by atoms with Gasteiger partial charge in [-0.15, -0.1) is 0 Å². The summed E-state index contributed by atoms with van der Waals surface area (Å²) < 4.78 is 1.78. The molecule has 0 aromatic carbocycles. The first-order chi connectivity index (χ1) is 27.4. The summed E-state index contributed by atoms with van der Waals surface area (Å²) in [4.78, 5) is 81.1. The molecule has 6 heterocycles. The first-order valence-electron chi connectivity index (χ1n) is 17.8. The number of aromatic amines is 2. The highest BCUT2D eigenvalue weighted by molar-refractivity contribution is 8.01.